The summed E-state index contributed by atoms with van der Waals surface area (Å²) in [6.45, 7) is 8.83. The van der Waals surface area contributed by atoms with Crippen LogP contribution in [0.25, 0.3) is 0 Å². The molecule has 1 aliphatic rings. The van der Waals surface area contributed by atoms with E-state index in [2.05, 4.69) is 25.7 Å². The molecule has 1 rings (SSSR count). The van der Waals surface area contributed by atoms with Crippen LogP contribution < -0.4 is 0 Å². The molecule has 0 aromatic rings. The summed E-state index contributed by atoms with van der Waals surface area (Å²) in [5, 5.41) is 8.89. The number of aliphatic carboxylic acids is 1. The van der Waals surface area contributed by atoms with Gasteiger partial charge in [-0.3, -0.25) is 9.69 Å². The van der Waals surface area contributed by atoms with E-state index in [9.17, 15) is 4.79 Å². The highest BCUT2D eigenvalue weighted by atomic mass is 16.4. The van der Waals surface area contributed by atoms with Crippen LogP contribution >= 0.6 is 0 Å². The lowest BCUT2D eigenvalue weighted by atomic mass is 9.85. The van der Waals surface area contributed by atoms with Gasteiger partial charge in [0.25, 0.3) is 0 Å². The van der Waals surface area contributed by atoms with Gasteiger partial charge in [-0.2, -0.15) is 0 Å². The third-order valence-electron chi connectivity index (χ3n) is 3.77. The van der Waals surface area contributed by atoms with Gasteiger partial charge in [-0.1, -0.05) is 20.8 Å². The Labute approximate surface area is 98.8 Å². The number of hydrogen-bond acceptors (Lipinski definition) is 2. The summed E-state index contributed by atoms with van der Waals surface area (Å²) in [6.07, 6.45) is 4.86. The van der Waals surface area contributed by atoms with Gasteiger partial charge in [0.2, 0.25) is 0 Å². The van der Waals surface area contributed by atoms with Crippen molar-refractivity contribution in [3.05, 3.63) is 0 Å². The number of carboxylic acids is 1. The van der Waals surface area contributed by atoms with E-state index in [-0.39, 0.29) is 12.5 Å². The largest absolute Gasteiger partial charge is 0.481 e. The second kappa shape index (κ2) is 5.67. The smallest absolute Gasteiger partial charge is 0.304 e. The van der Waals surface area contributed by atoms with Crippen LogP contribution in [0, 0.1) is 5.41 Å². The summed E-state index contributed by atoms with van der Waals surface area (Å²) >= 11 is 0. The first-order chi connectivity index (χ1) is 7.44. The van der Waals surface area contributed by atoms with Gasteiger partial charge in [0, 0.05) is 6.04 Å². The van der Waals surface area contributed by atoms with Crippen LogP contribution in [0.5, 0.6) is 0 Å². The highest BCUT2D eigenvalue weighted by Gasteiger charge is 2.27. The first kappa shape index (κ1) is 13.5. The highest BCUT2D eigenvalue weighted by Crippen LogP contribution is 2.31. The van der Waals surface area contributed by atoms with Crippen LogP contribution in [0.15, 0.2) is 0 Å². The molecule has 0 aromatic carbocycles. The van der Waals surface area contributed by atoms with Gasteiger partial charge >= 0.3 is 5.97 Å². The maximum Gasteiger partial charge on any atom is 0.304 e. The normalized spacial score (nSPS) is 23.7. The van der Waals surface area contributed by atoms with Crippen LogP contribution in [0.2, 0.25) is 0 Å². The maximum atomic E-state index is 10.8. The molecule has 1 unspecified atom stereocenters. The molecule has 0 aromatic heterocycles. The molecule has 1 heterocycles. The Morgan fingerprint density at radius 3 is 2.62 bits per heavy atom. The Morgan fingerprint density at radius 1 is 1.38 bits per heavy atom. The lowest BCUT2D eigenvalue weighted by Crippen LogP contribution is -2.37. The first-order valence-corrected chi connectivity index (χ1v) is 6.40. The molecule has 0 spiro atoms. The van der Waals surface area contributed by atoms with Crippen molar-refractivity contribution in [1.82, 2.24) is 4.90 Å². The van der Waals surface area contributed by atoms with Crippen LogP contribution in [0.3, 0.4) is 0 Å². The molecule has 1 saturated heterocycles. The number of hydrogen-bond donors (Lipinski definition) is 1. The van der Waals surface area contributed by atoms with E-state index in [0.717, 1.165) is 19.5 Å². The average Bonchev–Trinajstić information content (AvgIpc) is 2.35. The van der Waals surface area contributed by atoms with Gasteiger partial charge in [0.1, 0.15) is 0 Å². The van der Waals surface area contributed by atoms with Gasteiger partial charge in [-0.05, 0) is 44.2 Å². The van der Waals surface area contributed by atoms with Crippen molar-refractivity contribution in [2.45, 2.75) is 58.9 Å². The molecule has 16 heavy (non-hydrogen) atoms. The fourth-order valence-electron chi connectivity index (χ4n) is 2.54. The van der Waals surface area contributed by atoms with Crippen molar-refractivity contribution >= 4 is 5.97 Å². The summed E-state index contributed by atoms with van der Waals surface area (Å²) in [5.41, 5.74) is 0.427. The number of carbonyl (C=O) groups is 1. The van der Waals surface area contributed by atoms with Crippen molar-refractivity contribution in [1.29, 1.82) is 0 Å². The summed E-state index contributed by atoms with van der Waals surface area (Å²) < 4.78 is 0. The van der Waals surface area contributed by atoms with E-state index in [0.29, 0.717) is 5.41 Å². The predicted octanol–water partition coefficient (Wildman–Crippen LogP) is 2.75. The van der Waals surface area contributed by atoms with Gasteiger partial charge in [-0.25, -0.2) is 0 Å². The Hall–Kier alpha value is -0.570. The van der Waals surface area contributed by atoms with E-state index < -0.39 is 5.97 Å². The van der Waals surface area contributed by atoms with E-state index in [1.54, 1.807) is 0 Å². The Morgan fingerprint density at radius 2 is 2.06 bits per heavy atom. The second-order valence-corrected chi connectivity index (χ2v) is 5.71. The molecule has 1 N–H and O–H groups in total. The fraction of sp³-hybridized carbons (Fsp3) is 0.923. The molecule has 0 amide bonds. The zero-order valence-electron chi connectivity index (χ0n) is 10.8. The van der Waals surface area contributed by atoms with Crippen LogP contribution in [-0.4, -0.2) is 35.1 Å². The number of carboxylic acid groups (broad SMARTS) is 1. The van der Waals surface area contributed by atoms with Gasteiger partial charge < -0.3 is 5.11 Å². The molecule has 1 aliphatic heterocycles. The molecule has 1 atom stereocenters. The quantitative estimate of drug-likeness (QED) is 0.803. The van der Waals surface area contributed by atoms with Crippen LogP contribution in [-0.2, 0) is 4.79 Å². The third-order valence-corrected chi connectivity index (χ3v) is 3.77. The monoisotopic (exact) mass is 227 g/mol. The Balaban J connectivity index is 2.54. The third kappa shape index (κ3) is 4.12. The molecule has 0 saturated carbocycles. The molecule has 3 nitrogen and oxygen atoms in total. The average molecular weight is 227 g/mol. The van der Waals surface area contributed by atoms with Gasteiger partial charge in [0.05, 0.1) is 6.42 Å². The Kier molecular flexibility index (Phi) is 4.78. The van der Waals surface area contributed by atoms with Crippen molar-refractivity contribution in [3.63, 3.8) is 0 Å². The van der Waals surface area contributed by atoms with Crippen molar-refractivity contribution in [2.24, 2.45) is 5.41 Å². The van der Waals surface area contributed by atoms with E-state index in [1.165, 1.54) is 19.3 Å². The predicted molar refractivity (Wildman–Crippen MR) is 65.5 cm³/mol. The van der Waals surface area contributed by atoms with Crippen molar-refractivity contribution < 1.29 is 9.90 Å². The van der Waals surface area contributed by atoms with Crippen molar-refractivity contribution in [3.8, 4) is 0 Å². The SMILES string of the molecule is CCC(CC(=O)O)N1CCCC(C)(C)CC1. The minimum atomic E-state index is -0.671. The first-order valence-electron chi connectivity index (χ1n) is 6.40. The fourth-order valence-corrected chi connectivity index (χ4v) is 2.54. The molecule has 3 heteroatoms. The molecule has 94 valence electrons. The standard InChI is InChI=1S/C13H25NO2/c1-4-11(10-12(15)16)14-8-5-6-13(2,3)7-9-14/h11H,4-10H2,1-3H3,(H,15,16). The van der Waals surface area contributed by atoms with Gasteiger partial charge in [0.15, 0.2) is 0 Å². The lowest BCUT2D eigenvalue weighted by molar-refractivity contribution is -0.138. The molecule has 0 aliphatic carbocycles. The van der Waals surface area contributed by atoms with E-state index in [1.807, 2.05) is 0 Å². The van der Waals surface area contributed by atoms with E-state index in [4.69, 9.17) is 5.11 Å². The molecular formula is C13H25NO2. The van der Waals surface area contributed by atoms with Crippen LogP contribution in [0.1, 0.15) is 52.9 Å². The van der Waals surface area contributed by atoms with Crippen molar-refractivity contribution in [2.75, 3.05) is 13.1 Å². The number of likely N-dealkylation sites (tertiary alicyclic amines) is 1. The van der Waals surface area contributed by atoms with Gasteiger partial charge in [-0.15, -0.1) is 0 Å². The molecule has 1 fully saturated rings. The molecule has 0 bridgehead atoms. The topological polar surface area (TPSA) is 40.5 Å². The Bertz CT molecular complexity index is 238. The number of nitrogens with zero attached hydrogens (tertiary/aromatic N) is 1. The number of rotatable bonds is 4. The molecular weight excluding hydrogens is 202 g/mol. The zero-order chi connectivity index (χ0) is 12.2. The summed E-state index contributed by atoms with van der Waals surface area (Å²) in [7, 11) is 0. The second-order valence-electron chi connectivity index (χ2n) is 5.71. The maximum absolute atomic E-state index is 10.8. The van der Waals surface area contributed by atoms with E-state index >= 15 is 0 Å². The molecule has 0 radical (unpaired) electrons. The summed E-state index contributed by atoms with van der Waals surface area (Å²) in [5.74, 6) is -0.671. The summed E-state index contributed by atoms with van der Waals surface area (Å²) in [4.78, 5) is 13.2. The minimum absolute atomic E-state index is 0.228. The minimum Gasteiger partial charge on any atom is -0.481 e. The van der Waals surface area contributed by atoms with Crippen LogP contribution in [0.4, 0.5) is 0 Å². The zero-order valence-corrected chi connectivity index (χ0v) is 10.8. The highest BCUT2D eigenvalue weighted by molar-refractivity contribution is 5.67. The lowest BCUT2D eigenvalue weighted by Gasteiger charge is -2.29. The summed E-state index contributed by atoms with van der Waals surface area (Å²) in [6, 6.07) is 0.228.